The second-order valence-electron chi connectivity index (χ2n) is 5.81. The average molecular weight is 385 g/mol. The molecular weight excluding hydrogens is 366 g/mol. The number of hydrogen-bond donors (Lipinski definition) is 1. The molecule has 3 rings (SSSR count). The van der Waals surface area contributed by atoms with Gasteiger partial charge in [-0.2, -0.15) is 0 Å². The van der Waals surface area contributed by atoms with Gasteiger partial charge in [0.15, 0.2) is 11.5 Å². The lowest BCUT2D eigenvalue weighted by molar-refractivity contribution is -0.114. The van der Waals surface area contributed by atoms with E-state index in [1.54, 1.807) is 26.3 Å². The summed E-state index contributed by atoms with van der Waals surface area (Å²) in [6.45, 7) is 2.43. The van der Waals surface area contributed by atoms with Crippen molar-refractivity contribution >= 4 is 35.4 Å². The summed E-state index contributed by atoms with van der Waals surface area (Å²) in [5, 5.41) is 9.15. The fraction of sp³-hybridized carbons (Fsp3) is 0.200. The second-order valence-corrected chi connectivity index (χ2v) is 6.89. The van der Waals surface area contributed by atoms with E-state index in [2.05, 4.69) is 0 Å². The highest BCUT2D eigenvalue weighted by molar-refractivity contribution is 8.04. The molecule has 0 aromatic heterocycles. The number of thioether (sulfide) groups is 1. The lowest BCUT2D eigenvalue weighted by Gasteiger charge is -2.27. The van der Waals surface area contributed by atoms with E-state index in [-0.39, 0.29) is 11.5 Å². The molecule has 1 heterocycles. The van der Waals surface area contributed by atoms with E-state index in [9.17, 15) is 9.59 Å². The summed E-state index contributed by atoms with van der Waals surface area (Å²) in [6, 6.07) is 10.3. The zero-order valence-electron chi connectivity index (χ0n) is 15.2. The highest BCUT2D eigenvalue weighted by Crippen LogP contribution is 2.42. The largest absolute Gasteiger partial charge is 0.493 e. The molecule has 0 saturated carbocycles. The van der Waals surface area contributed by atoms with Gasteiger partial charge < -0.3 is 19.5 Å². The Balaban J connectivity index is 1.96. The number of nitrogens with zero attached hydrogens (tertiary/aromatic N) is 1. The van der Waals surface area contributed by atoms with Gasteiger partial charge >= 0.3 is 5.97 Å². The minimum atomic E-state index is -1.02. The molecular formula is C20H19NO5S. The first kappa shape index (κ1) is 18.8. The molecule has 0 radical (unpaired) electrons. The SMILES string of the molecule is CCOc1ccc(/C=C2/Sc3ccc(C(=O)O)cc3N(C)C2=O)cc1OC. The number of anilines is 1. The summed E-state index contributed by atoms with van der Waals surface area (Å²) in [5.41, 5.74) is 1.55. The summed E-state index contributed by atoms with van der Waals surface area (Å²) < 4.78 is 10.9. The zero-order chi connectivity index (χ0) is 19.6. The third-order valence-corrected chi connectivity index (χ3v) is 5.17. The Kier molecular flexibility index (Phi) is 5.41. The Morgan fingerprint density at radius 1 is 1.22 bits per heavy atom. The molecule has 1 N–H and O–H groups in total. The Morgan fingerprint density at radius 2 is 2.00 bits per heavy atom. The maximum absolute atomic E-state index is 12.7. The molecule has 2 aromatic carbocycles. The fourth-order valence-corrected chi connectivity index (χ4v) is 3.82. The van der Waals surface area contributed by atoms with Crippen LogP contribution in [0, 0.1) is 0 Å². The molecule has 0 fully saturated rings. The summed E-state index contributed by atoms with van der Waals surface area (Å²) in [7, 11) is 3.21. The van der Waals surface area contributed by atoms with Crippen LogP contribution in [0.5, 0.6) is 11.5 Å². The van der Waals surface area contributed by atoms with Gasteiger partial charge in [0, 0.05) is 11.9 Å². The topological polar surface area (TPSA) is 76.1 Å². The van der Waals surface area contributed by atoms with E-state index in [0.29, 0.717) is 28.7 Å². The van der Waals surface area contributed by atoms with Crippen LogP contribution in [0.1, 0.15) is 22.8 Å². The third-order valence-electron chi connectivity index (χ3n) is 4.09. The molecule has 0 spiro atoms. The number of hydrogen-bond acceptors (Lipinski definition) is 5. The maximum atomic E-state index is 12.7. The number of carboxylic acids is 1. The first-order chi connectivity index (χ1) is 12.9. The Morgan fingerprint density at radius 3 is 2.67 bits per heavy atom. The number of rotatable bonds is 5. The number of carbonyl (C=O) groups is 2. The molecule has 6 nitrogen and oxygen atoms in total. The van der Waals surface area contributed by atoms with Crippen molar-refractivity contribution in [2.75, 3.05) is 25.7 Å². The van der Waals surface area contributed by atoms with Crippen LogP contribution in [0.4, 0.5) is 5.69 Å². The van der Waals surface area contributed by atoms with Crippen molar-refractivity contribution in [3.05, 3.63) is 52.4 Å². The maximum Gasteiger partial charge on any atom is 0.335 e. The number of amides is 1. The molecule has 1 aliphatic heterocycles. The van der Waals surface area contributed by atoms with Crippen LogP contribution < -0.4 is 14.4 Å². The van der Waals surface area contributed by atoms with E-state index in [1.807, 2.05) is 25.1 Å². The number of methoxy groups -OCH3 is 1. The summed E-state index contributed by atoms with van der Waals surface area (Å²) in [6.07, 6.45) is 1.79. The standard InChI is InChI=1S/C20H19NO5S/c1-4-26-15-7-5-12(9-16(15)25-3)10-18-19(22)21(2)14-11-13(20(23)24)6-8-17(14)27-18/h5-11H,4H2,1-3H3,(H,23,24)/b18-10+. The summed E-state index contributed by atoms with van der Waals surface area (Å²) >= 11 is 1.32. The zero-order valence-corrected chi connectivity index (χ0v) is 16.0. The monoisotopic (exact) mass is 385 g/mol. The van der Waals surface area contributed by atoms with Crippen molar-refractivity contribution < 1.29 is 24.2 Å². The van der Waals surface area contributed by atoms with Crippen molar-refractivity contribution in [1.29, 1.82) is 0 Å². The van der Waals surface area contributed by atoms with Crippen molar-refractivity contribution in [3.8, 4) is 11.5 Å². The Labute approximate surface area is 161 Å². The quantitative estimate of drug-likeness (QED) is 0.787. The lowest BCUT2D eigenvalue weighted by Crippen LogP contribution is -2.30. The number of ether oxygens (including phenoxy) is 2. The van der Waals surface area contributed by atoms with Crippen LogP contribution in [0.25, 0.3) is 6.08 Å². The number of carboxylic acid groups (broad SMARTS) is 1. The van der Waals surface area contributed by atoms with E-state index < -0.39 is 5.97 Å². The Hall–Kier alpha value is -2.93. The van der Waals surface area contributed by atoms with Gasteiger partial charge in [0.1, 0.15) is 0 Å². The van der Waals surface area contributed by atoms with Gasteiger partial charge in [-0.05, 0) is 48.9 Å². The minimum Gasteiger partial charge on any atom is -0.493 e. The molecule has 0 saturated heterocycles. The van der Waals surface area contributed by atoms with Gasteiger partial charge in [-0.25, -0.2) is 4.79 Å². The van der Waals surface area contributed by atoms with E-state index >= 15 is 0 Å². The average Bonchev–Trinajstić information content (AvgIpc) is 2.66. The van der Waals surface area contributed by atoms with Gasteiger partial charge in [-0.15, -0.1) is 0 Å². The van der Waals surface area contributed by atoms with Crippen LogP contribution in [-0.4, -0.2) is 37.7 Å². The number of likely N-dealkylation sites (N-methyl/N-ethyl adjacent to an activating group) is 1. The van der Waals surface area contributed by atoms with Gasteiger partial charge in [-0.3, -0.25) is 4.79 Å². The molecule has 140 valence electrons. The van der Waals surface area contributed by atoms with Gasteiger partial charge in [-0.1, -0.05) is 17.8 Å². The Bertz CT molecular complexity index is 938. The predicted molar refractivity (Wildman–Crippen MR) is 105 cm³/mol. The number of aromatic carboxylic acids is 1. The van der Waals surface area contributed by atoms with Crippen LogP contribution in [0.3, 0.4) is 0 Å². The van der Waals surface area contributed by atoms with Crippen molar-refractivity contribution in [1.82, 2.24) is 0 Å². The first-order valence-corrected chi connectivity index (χ1v) is 9.12. The summed E-state index contributed by atoms with van der Waals surface area (Å²) in [4.78, 5) is 26.7. The van der Waals surface area contributed by atoms with Gasteiger partial charge in [0.2, 0.25) is 0 Å². The molecule has 1 amide bonds. The van der Waals surface area contributed by atoms with Gasteiger partial charge in [0.25, 0.3) is 5.91 Å². The van der Waals surface area contributed by atoms with E-state index in [1.165, 1.54) is 28.8 Å². The molecule has 0 atom stereocenters. The first-order valence-electron chi connectivity index (χ1n) is 8.30. The predicted octanol–water partition coefficient (Wildman–Crippen LogP) is 3.90. The van der Waals surface area contributed by atoms with E-state index in [4.69, 9.17) is 14.6 Å². The second kappa shape index (κ2) is 7.75. The summed E-state index contributed by atoms with van der Waals surface area (Å²) in [5.74, 6) is 0.0297. The minimum absolute atomic E-state index is 0.151. The van der Waals surface area contributed by atoms with Crippen molar-refractivity contribution in [3.63, 3.8) is 0 Å². The number of carbonyl (C=O) groups excluding carboxylic acids is 1. The van der Waals surface area contributed by atoms with Crippen molar-refractivity contribution in [2.24, 2.45) is 0 Å². The molecule has 2 aromatic rings. The molecule has 1 aliphatic rings. The van der Waals surface area contributed by atoms with Crippen LogP contribution in [0.15, 0.2) is 46.2 Å². The third kappa shape index (κ3) is 3.78. The van der Waals surface area contributed by atoms with Gasteiger partial charge in [0.05, 0.1) is 29.9 Å². The normalized spacial score (nSPS) is 14.9. The number of benzene rings is 2. The van der Waals surface area contributed by atoms with Crippen LogP contribution in [-0.2, 0) is 4.79 Å². The van der Waals surface area contributed by atoms with E-state index in [0.717, 1.165) is 10.5 Å². The highest BCUT2D eigenvalue weighted by Gasteiger charge is 2.27. The highest BCUT2D eigenvalue weighted by atomic mass is 32.2. The molecule has 27 heavy (non-hydrogen) atoms. The van der Waals surface area contributed by atoms with Crippen molar-refractivity contribution in [2.45, 2.75) is 11.8 Å². The number of fused-ring (bicyclic) bond motifs is 1. The smallest absolute Gasteiger partial charge is 0.335 e. The van der Waals surface area contributed by atoms with Crippen LogP contribution >= 0.6 is 11.8 Å². The fourth-order valence-electron chi connectivity index (χ4n) is 2.73. The molecule has 0 unspecified atom stereocenters. The van der Waals surface area contributed by atoms with Crippen LogP contribution in [0.2, 0.25) is 0 Å². The lowest BCUT2D eigenvalue weighted by atomic mass is 10.1. The molecule has 0 aliphatic carbocycles. The molecule has 0 bridgehead atoms. The molecule has 7 heteroatoms.